The molecule has 0 aromatic heterocycles. The lowest BCUT2D eigenvalue weighted by Gasteiger charge is -2.15. The second-order valence-corrected chi connectivity index (χ2v) is 4.86. The average Bonchev–Trinajstić information content (AvgIpc) is 2.36. The summed E-state index contributed by atoms with van der Waals surface area (Å²) in [4.78, 5) is 10.5. The van der Waals surface area contributed by atoms with Crippen molar-refractivity contribution in [2.45, 2.75) is 19.9 Å². The van der Waals surface area contributed by atoms with E-state index < -0.39 is 5.97 Å². The normalized spacial score (nSPS) is 10.3. The highest BCUT2D eigenvalue weighted by Crippen LogP contribution is 2.35. The van der Waals surface area contributed by atoms with Gasteiger partial charge in [0, 0.05) is 16.6 Å². The predicted molar refractivity (Wildman–Crippen MR) is 75.8 cm³/mol. The van der Waals surface area contributed by atoms with E-state index >= 15 is 0 Å². The first kappa shape index (κ1) is 15.8. The number of benzene rings is 1. The maximum atomic E-state index is 10.5. The van der Waals surface area contributed by atoms with Gasteiger partial charge in [0.2, 0.25) is 0 Å². The molecule has 0 bridgehead atoms. The number of methoxy groups -OCH3 is 1. The number of carboxylic acid groups (broad SMARTS) is 1. The second kappa shape index (κ2) is 8.01. The molecule has 106 valence electrons. The number of rotatable bonds is 8. The first-order valence-corrected chi connectivity index (χ1v) is 6.79. The van der Waals surface area contributed by atoms with E-state index in [2.05, 4.69) is 21.2 Å². The minimum Gasteiger partial charge on any atom is -0.493 e. The van der Waals surface area contributed by atoms with Crippen LogP contribution in [0.3, 0.4) is 0 Å². The SMILES string of the molecule is CCCOc1c(CNCC(=O)O)cc(Br)cc1OC. The molecule has 0 aliphatic heterocycles. The van der Waals surface area contributed by atoms with E-state index in [9.17, 15) is 4.79 Å². The van der Waals surface area contributed by atoms with Crippen LogP contribution in [-0.2, 0) is 11.3 Å². The quantitative estimate of drug-likeness (QED) is 0.765. The van der Waals surface area contributed by atoms with Crippen LogP contribution in [0, 0.1) is 0 Å². The van der Waals surface area contributed by atoms with Gasteiger partial charge in [-0.25, -0.2) is 0 Å². The summed E-state index contributed by atoms with van der Waals surface area (Å²) >= 11 is 3.40. The Morgan fingerprint density at radius 2 is 2.21 bits per heavy atom. The molecule has 1 aromatic carbocycles. The number of aliphatic carboxylic acids is 1. The van der Waals surface area contributed by atoms with Crippen molar-refractivity contribution in [3.63, 3.8) is 0 Å². The predicted octanol–water partition coefficient (Wildman–Crippen LogP) is 2.42. The molecule has 0 heterocycles. The number of nitrogens with one attached hydrogen (secondary N) is 1. The Bertz CT molecular complexity index is 437. The maximum Gasteiger partial charge on any atom is 0.317 e. The Kier molecular flexibility index (Phi) is 6.66. The molecule has 6 heteroatoms. The van der Waals surface area contributed by atoms with Gasteiger partial charge in [0.05, 0.1) is 20.3 Å². The third-order valence-corrected chi connectivity index (χ3v) is 2.82. The molecular weight excluding hydrogens is 314 g/mol. The van der Waals surface area contributed by atoms with Crippen molar-refractivity contribution < 1.29 is 19.4 Å². The van der Waals surface area contributed by atoms with Crippen LogP contribution in [0.25, 0.3) is 0 Å². The van der Waals surface area contributed by atoms with Crippen molar-refractivity contribution in [3.8, 4) is 11.5 Å². The van der Waals surface area contributed by atoms with Gasteiger partial charge in [-0.15, -0.1) is 0 Å². The summed E-state index contributed by atoms with van der Waals surface area (Å²) in [6, 6.07) is 3.72. The van der Waals surface area contributed by atoms with Crippen molar-refractivity contribution in [2.75, 3.05) is 20.3 Å². The Morgan fingerprint density at radius 1 is 1.47 bits per heavy atom. The van der Waals surface area contributed by atoms with E-state index in [1.165, 1.54) is 0 Å². The minimum atomic E-state index is -0.891. The van der Waals surface area contributed by atoms with Crippen LogP contribution in [0.5, 0.6) is 11.5 Å². The van der Waals surface area contributed by atoms with Gasteiger partial charge in [-0.05, 0) is 18.6 Å². The number of hydrogen-bond acceptors (Lipinski definition) is 4. The van der Waals surface area contributed by atoms with Crippen molar-refractivity contribution in [1.29, 1.82) is 0 Å². The zero-order valence-electron chi connectivity index (χ0n) is 11.0. The van der Waals surface area contributed by atoms with Gasteiger partial charge in [0.1, 0.15) is 0 Å². The van der Waals surface area contributed by atoms with Crippen LogP contribution >= 0.6 is 15.9 Å². The summed E-state index contributed by atoms with van der Waals surface area (Å²) < 4.78 is 11.8. The smallest absolute Gasteiger partial charge is 0.317 e. The van der Waals surface area contributed by atoms with Gasteiger partial charge in [0.15, 0.2) is 11.5 Å². The molecular formula is C13H18BrNO4. The molecule has 0 saturated heterocycles. The molecule has 0 radical (unpaired) electrons. The summed E-state index contributed by atoms with van der Waals surface area (Å²) in [7, 11) is 1.58. The number of carboxylic acids is 1. The highest BCUT2D eigenvalue weighted by molar-refractivity contribution is 9.10. The molecule has 0 fully saturated rings. The molecule has 0 spiro atoms. The molecule has 0 unspecified atom stereocenters. The molecule has 1 rings (SSSR count). The summed E-state index contributed by atoms with van der Waals surface area (Å²) in [5, 5.41) is 11.5. The van der Waals surface area contributed by atoms with Crippen molar-refractivity contribution in [1.82, 2.24) is 5.32 Å². The van der Waals surface area contributed by atoms with Crippen molar-refractivity contribution in [2.24, 2.45) is 0 Å². The second-order valence-electron chi connectivity index (χ2n) is 3.94. The molecule has 0 saturated carbocycles. The van der Waals surface area contributed by atoms with Gasteiger partial charge in [-0.1, -0.05) is 22.9 Å². The molecule has 2 N–H and O–H groups in total. The fraction of sp³-hybridized carbons (Fsp3) is 0.462. The number of carbonyl (C=O) groups is 1. The first-order valence-electron chi connectivity index (χ1n) is 6.00. The van der Waals surface area contributed by atoms with Gasteiger partial charge in [-0.2, -0.15) is 0 Å². The summed E-state index contributed by atoms with van der Waals surface area (Å²) in [6.07, 6.45) is 0.890. The Balaban J connectivity index is 2.91. The number of halogens is 1. The number of ether oxygens (including phenoxy) is 2. The van der Waals surface area contributed by atoms with Crippen LogP contribution in [0.15, 0.2) is 16.6 Å². The topological polar surface area (TPSA) is 67.8 Å². The van der Waals surface area contributed by atoms with E-state index in [0.717, 1.165) is 16.5 Å². The van der Waals surface area contributed by atoms with Crippen LogP contribution in [0.2, 0.25) is 0 Å². The molecule has 0 aliphatic rings. The van der Waals surface area contributed by atoms with E-state index in [1.807, 2.05) is 19.1 Å². The fourth-order valence-corrected chi connectivity index (χ4v) is 2.06. The lowest BCUT2D eigenvalue weighted by atomic mass is 10.2. The van der Waals surface area contributed by atoms with E-state index in [1.54, 1.807) is 7.11 Å². The first-order chi connectivity index (χ1) is 9.08. The van der Waals surface area contributed by atoms with E-state index in [-0.39, 0.29) is 6.54 Å². The van der Waals surface area contributed by atoms with Crippen LogP contribution < -0.4 is 14.8 Å². The summed E-state index contributed by atoms with van der Waals surface area (Å²) in [6.45, 7) is 2.92. The molecule has 19 heavy (non-hydrogen) atoms. The lowest BCUT2D eigenvalue weighted by molar-refractivity contribution is -0.136. The Morgan fingerprint density at radius 3 is 2.79 bits per heavy atom. The van der Waals surface area contributed by atoms with Crippen LogP contribution in [0.1, 0.15) is 18.9 Å². The fourth-order valence-electron chi connectivity index (χ4n) is 1.58. The summed E-state index contributed by atoms with van der Waals surface area (Å²) in [5.41, 5.74) is 0.862. The zero-order valence-corrected chi connectivity index (χ0v) is 12.6. The monoisotopic (exact) mass is 331 g/mol. The maximum absolute atomic E-state index is 10.5. The summed E-state index contributed by atoms with van der Waals surface area (Å²) in [5.74, 6) is 0.401. The molecule has 1 aromatic rings. The average molecular weight is 332 g/mol. The largest absolute Gasteiger partial charge is 0.493 e. The Hall–Kier alpha value is -1.27. The molecule has 5 nitrogen and oxygen atoms in total. The van der Waals surface area contributed by atoms with Crippen LogP contribution in [0.4, 0.5) is 0 Å². The third-order valence-electron chi connectivity index (χ3n) is 2.36. The van der Waals surface area contributed by atoms with Gasteiger partial charge in [-0.3, -0.25) is 4.79 Å². The Labute approximate surface area is 121 Å². The van der Waals surface area contributed by atoms with E-state index in [4.69, 9.17) is 14.6 Å². The van der Waals surface area contributed by atoms with Crippen molar-refractivity contribution >= 4 is 21.9 Å². The van der Waals surface area contributed by atoms with Gasteiger partial charge < -0.3 is 19.9 Å². The van der Waals surface area contributed by atoms with Crippen molar-refractivity contribution in [3.05, 3.63) is 22.2 Å². The van der Waals surface area contributed by atoms with Gasteiger partial charge in [0.25, 0.3) is 0 Å². The van der Waals surface area contributed by atoms with Crippen LogP contribution in [-0.4, -0.2) is 31.3 Å². The minimum absolute atomic E-state index is 0.0952. The number of hydrogen-bond donors (Lipinski definition) is 2. The van der Waals surface area contributed by atoms with E-state index in [0.29, 0.717) is 24.7 Å². The molecule has 0 amide bonds. The van der Waals surface area contributed by atoms with Gasteiger partial charge >= 0.3 is 5.97 Å². The molecule has 0 atom stereocenters. The lowest BCUT2D eigenvalue weighted by Crippen LogP contribution is -2.22. The third kappa shape index (κ3) is 5.08. The zero-order chi connectivity index (χ0) is 14.3. The highest BCUT2D eigenvalue weighted by atomic mass is 79.9. The molecule has 0 aliphatic carbocycles. The standard InChI is InChI=1S/C13H18BrNO4/c1-3-4-19-13-9(7-15-8-12(16)17)5-10(14)6-11(13)18-2/h5-6,15H,3-4,7-8H2,1-2H3,(H,16,17). The highest BCUT2D eigenvalue weighted by Gasteiger charge is 2.12.